The third-order valence-electron chi connectivity index (χ3n) is 3.00. The molecule has 0 atom stereocenters. The number of halogens is 4. The average molecular weight is 347 g/mol. The van der Waals surface area contributed by atoms with Crippen LogP contribution in [0.1, 0.15) is 36.6 Å². The molecule has 0 amide bonds. The largest absolute Gasteiger partial charge is 0.416 e. The van der Waals surface area contributed by atoms with Crippen molar-refractivity contribution < 1.29 is 13.2 Å². The van der Waals surface area contributed by atoms with Gasteiger partial charge in [0.1, 0.15) is 0 Å². The van der Waals surface area contributed by atoms with Gasteiger partial charge in [-0.25, -0.2) is 4.68 Å². The Bertz CT molecular complexity index is 603. The highest BCUT2D eigenvalue weighted by Crippen LogP contribution is 2.31. The maximum atomic E-state index is 12.8. The quantitative estimate of drug-likeness (QED) is 0.722. The summed E-state index contributed by atoms with van der Waals surface area (Å²) < 4.78 is 39.9. The zero-order valence-electron chi connectivity index (χ0n) is 11.1. The standard InChI is InChI=1S/C14H14BrF3N2/c1-9(2)13-10(7-15)8-19-20(13)12-5-3-4-11(6-12)14(16,17)18/h3-6,8-9H,7H2,1-2H3. The van der Waals surface area contributed by atoms with Crippen LogP contribution in [0.3, 0.4) is 0 Å². The monoisotopic (exact) mass is 346 g/mol. The Hall–Kier alpha value is -1.30. The summed E-state index contributed by atoms with van der Waals surface area (Å²) in [4.78, 5) is 0. The maximum absolute atomic E-state index is 12.8. The van der Waals surface area contributed by atoms with Gasteiger partial charge in [-0.1, -0.05) is 35.8 Å². The van der Waals surface area contributed by atoms with Gasteiger partial charge >= 0.3 is 6.18 Å². The van der Waals surface area contributed by atoms with Gasteiger partial charge < -0.3 is 0 Å². The molecule has 0 unspecified atom stereocenters. The van der Waals surface area contributed by atoms with Crippen molar-refractivity contribution in [3.8, 4) is 5.69 Å². The summed E-state index contributed by atoms with van der Waals surface area (Å²) in [6, 6.07) is 5.22. The molecular formula is C14H14BrF3N2. The summed E-state index contributed by atoms with van der Waals surface area (Å²) in [5, 5.41) is 4.85. The smallest absolute Gasteiger partial charge is 0.237 e. The number of hydrogen-bond donors (Lipinski definition) is 0. The molecule has 6 heteroatoms. The lowest BCUT2D eigenvalue weighted by atomic mass is 10.1. The van der Waals surface area contributed by atoms with Crippen molar-refractivity contribution in [1.29, 1.82) is 0 Å². The van der Waals surface area contributed by atoms with E-state index in [1.54, 1.807) is 16.9 Å². The second-order valence-corrected chi connectivity index (χ2v) is 5.36. The van der Waals surface area contributed by atoms with E-state index in [9.17, 15) is 13.2 Å². The molecule has 1 heterocycles. The van der Waals surface area contributed by atoms with Gasteiger partial charge in [0.25, 0.3) is 0 Å². The van der Waals surface area contributed by atoms with Crippen LogP contribution in [0.5, 0.6) is 0 Å². The molecule has 0 spiro atoms. The molecule has 2 aromatic rings. The van der Waals surface area contributed by atoms with Crippen molar-refractivity contribution in [3.63, 3.8) is 0 Å². The summed E-state index contributed by atoms with van der Waals surface area (Å²) >= 11 is 3.38. The highest BCUT2D eigenvalue weighted by molar-refractivity contribution is 9.08. The summed E-state index contributed by atoms with van der Waals surface area (Å²) in [6.45, 7) is 3.99. The first-order valence-electron chi connectivity index (χ1n) is 6.15. The van der Waals surface area contributed by atoms with E-state index in [0.29, 0.717) is 11.0 Å². The van der Waals surface area contributed by atoms with Gasteiger partial charge in [-0.05, 0) is 24.1 Å². The molecule has 0 bridgehead atoms. The van der Waals surface area contributed by atoms with Gasteiger partial charge in [-0.3, -0.25) is 0 Å². The van der Waals surface area contributed by atoms with Crippen LogP contribution in [0.15, 0.2) is 30.5 Å². The van der Waals surface area contributed by atoms with Crippen molar-refractivity contribution >= 4 is 15.9 Å². The molecule has 0 fully saturated rings. The SMILES string of the molecule is CC(C)c1c(CBr)cnn1-c1cccc(C(F)(F)F)c1. The van der Waals surface area contributed by atoms with Crippen LogP contribution in [0, 0.1) is 0 Å². The molecule has 20 heavy (non-hydrogen) atoms. The van der Waals surface area contributed by atoms with Crippen LogP contribution >= 0.6 is 15.9 Å². The zero-order chi connectivity index (χ0) is 14.9. The molecule has 0 saturated heterocycles. The van der Waals surface area contributed by atoms with E-state index in [1.807, 2.05) is 13.8 Å². The third-order valence-corrected chi connectivity index (χ3v) is 3.60. The number of alkyl halides is 4. The van der Waals surface area contributed by atoms with Crippen LogP contribution in [0.2, 0.25) is 0 Å². The number of aromatic nitrogens is 2. The molecule has 108 valence electrons. The Morgan fingerprint density at radius 2 is 2.00 bits per heavy atom. The van der Waals surface area contributed by atoms with Crippen LogP contribution < -0.4 is 0 Å². The lowest BCUT2D eigenvalue weighted by Crippen LogP contribution is -2.09. The normalized spacial score (nSPS) is 12.2. The second kappa shape index (κ2) is 5.60. The van der Waals surface area contributed by atoms with Crippen molar-refractivity contribution in [3.05, 3.63) is 47.3 Å². The van der Waals surface area contributed by atoms with Crippen LogP contribution in [-0.4, -0.2) is 9.78 Å². The van der Waals surface area contributed by atoms with Gasteiger partial charge in [0, 0.05) is 10.9 Å². The van der Waals surface area contributed by atoms with Crippen LogP contribution in [0.4, 0.5) is 13.2 Å². The van der Waals surface area contributed by atoms with Crippen LogP contribution in [-0.2, 0) is 11.5 Å². The Morgan fingerprint density at radius 1 is 1.30 bits per heavy atom. The highest BCUT2D eigenvalue weighted by atomic mass is 79.9. The topological polar surface area (TPSA) is 17.8 Å². The fourth-order valence-electron chi connectivity index (χ4n) is 2.13. The van der Waals surface area contributed by atoms with Gasteiger partial charge in [0.15, 0.2) is 0 Å². The minimum absolute atomic E-state index is 0.166. The van der Waals surface area contributed by atoms with Gasteiger partial charge in [0.05, 0.1) is 23.1 Å². The van der Waals surface area contributed by atoms with E-state index in [1.165, 1.54) is 6.07 Å². The summed E-state index contributed by atoms with van der Waals surface area (Å²) in [5.41, 5.74) is 1.66. The minimum atomic E-state index is -4.35. The first-order chi connectivity index (χ1) is 9.34. The van der Waals surface area contributed by atoms with Gasteiger partial charge in [-0.15, -0.1) is 0 Å². The van der Waals surface area contributed by atoms with Crippen molar-refractivity contribution in [2.75, 3.05) is 0 Å². The van der Waals surface area contributed by atoms with Gasteiger partial charge in [0.2, 0.25) is 0 Å². The summed E-state index contributed by atoms with van der Waals surface area (Å²) in [6.07, 6.45) is -2.66. The lowest BCUT2D eigenvalue weighted by Gasteiger charge is -2.14. The number of hydrogen-bond acceptors (Lipinski definition) is 1. The van der Waals surface area contributed by atoms with E-state index in [0.717, 1.165) is 23.4 Å². The predicted molar refractivity (Wildman–Crippen MR) is 75.3 cm³/mol. The molecule has 1 aromatic carbocycles. The summed E-state index contributed by atoms with van der Waals surface area (Å²) in [7, 11) is 0. The third kappa shape index (κ3) is 2.90. The maximum Gasteiger partial charge on any atom is 0.416 e. The number of benzene rings is 1. The first kappa shape index (κ1) is 15.1. The highest BCUT2D eigenvalue weighted by Gasteiger charge is 2.30. The molecular weight excluding hydrogens is 333 g/mol. The average Bonchev–Trinajstić information content (AvgIpc) is 2.81. The molecule has 0 saturated carbocycles. The predicted octanol–water partition coefficient (Wildman–Crippen LogP) is 4.91. The lowest BCUT2D eigenvalue weighted by molar-refractivity contribution is -0.137. The molecule has 2 rings (SSSR count). The van der Waals surface area contributed by atoms with E-state index < -0.39 is 11.7 Å². The van der Waals surface area contributed by atoms with Crippen molar-refractivity contribution in [1.82, 2.24) is 9.78 Å². The van der Waals surface area contributed by atoms with Crippen LogP contribution in [0.25, 0.3) is 5.69 Å². The van der Waals surface area contributed by atoms with E-state index in [-0.39, 0.29) is 5.92 Å². The van der Waals surface area contributed by atoms with E-state index in [2.05, 4.69) is 21.0 Å². The zero-order valence-corrected chi connectivity index (χ0v) is 12.7. The molecule has 0 radical (unpaired) electrons. The number of nitrogens with zero attached hydrogens (tertiary/aromatic N) is 2. The second-order valence-electron chi connectivity index (χ2n) is 4.80. The molecule has 0 aliphatic carbocycles. The Balaban J connectivity index is 2.55. The Morgan fingerprint density at radius 3 is 2.55 bits per heavy atom. The van der Waals surface area contributed by atoms with Crippen molar-refractivity contribution in [2.24, 2.45) is 0 Å². The Labute approximate surface area is 123 Å². The fourth-order valence-corrected chi connectivity index (χ4v) is 2.56. The van der Waals surface area contributed by atoms with Gasteiger partial charge in [-0.2, -0.15) is 18.3 Å². The van der Waals surface area contributed by atoms with E-state index in [4.69, 9.17) is 0 Å². The Kier molecular flexibility index (Phi) is 4.22. The summed E-state index contributed by atoms with van der Waals surface area (Å²) in [5.74, 6) is 0.166. The van der Waals surface area contributed by atoms with Crippen molar-refractivity contribution in [2.45, 2.75) is 31.3 Å². The molecule has 0 aliphatic rings. The molecule has 1 aromatic heterocycles. The van der Waals surface area contributed by atoms with E-state index >= 15 is 0 Å². The minimum Gasteiger partial charge on any atom is -0.237 e. The fraction of sp³-hybridized carbons (Fsp3) is 0.357. The molecule has 0 N–H and O–H groups in total. The first-order valence-corrected chi connectivity index (χ1v) is 7.27. The molecule has 2 nitrogen and oxygen atoms in total. The molecule has 0 aliphatic heterocycles. The number of rotatable bonds is 3.